The van der Waals surface area contributed by atoms with Gasteiger partial charge < -0.3 is 59.3 Å². The molecule has 0 aliphatic rings. The number of hydrogen-bond donors (Lipinski definition) is 6. The Kier molecular flexibility index (Phi) is 16.1. The summed E-state index contributed by atoms with van der Waals surface area (Å²) in [5, 5.41) is 36.9. The minimum Gasteiger partial charge on any atom is -0.714 e. The largest absolute Gasteiger partial charge is 0.714 e. The average Bonchev–Trinajstić information content (AvgIpc) is 2.44. The molecular weight excluding hydrogens is 659 g/mol. The Balaban J connectivity index is -0.000000344. The molecule has 0 aromatic rings. The topological polar surface area (TPSA) is 349 Å². The van der Waals surface area contributed by atoms with E-state index >= 15 is 0 Å². The summed E-state index contributed by atoms with van der Waals surface area (Å²) in [6.45, 7) is 1.73. The molecule has 0 aromatic heterocycles. The Hall–Kier alpha value is 0.968. The Bertz CT molecular complexity index is 505. The summed E-state index contributed by atoms with van der Waals surface area (Å²) in [5.41, 5.74) is 10.2. The molecule has 20 nitrogen and oxygen atoms in total. The molecule has 167 valence electrons. The van der Waals surface area contributed by atoms with Crippen molar-refractivity contribution in [2.24, 2.45) is 11.5 Å². The third-order valence-corrected chi connectivity index (χ3v) is 4.84. The van der Waals surface area contributed by atoms with E-state index in [9.17, 15) is 39.3 Å². The molecule has 0 aliphatic heterocycles. The first-order valence-corrected chi connectivity index (χ1v) is 12.0. The molecule has 0 spiro atoms. The van der Waals surface area contributed by atoms with Crippen molar-refractivity contribution in [1.82, 2.24) is 0 Å². The number of hydrogen-bond acceptors (Lipinski definition) is 16. The van der Waals surface area contributed by atoms with Gasteiger partial charge in [-0.3, -0.25) is 0 Å². The van der Waals surface area contributed by atoms with Crippen LogP contribution in [0.4, 0.5) is 0 Å². The molecule has 0 aromatic carbocycles. The van der Waals surface area contributed by atoms with Crippen molar-refractivity contribution in [3.63, 3.8) is 0 Å². The Labute approximate surface area is 160 Å². The van der Waals surface area contributed by atoms with Crippen molar-refractivity contribution in [2.75, 3.05) is 0 Å². The van der Waals surface area contributed by atoms with Gasteiger partial charge >= 0.3 is 73.5 Å². The van der Waals surface area contributed by atoms with Crippen LogP contribution in [0.2, 0.25) is 0 Å². The maximum atomic E-state index is 10.0. The molecule has 0 aliphatic carbocycles. The van der Waals surface area contributed by atoms with Gasteiger partial charge in [0.15, 0.2) is 0 Å². The van der Waals surface area contributed by atoms with Gasteiger partial charge in [0.25, 0.3) is 0 Å². The first kappa shape index (κ1) is 32.6. The quantitative estimate of drug-likeness (QED) is 0.0607. The summed E-state index contributed by atoms with van der Waals surface area (Å²) in [4.78, 5) is 32.1. The van der Waals surface area contributed by atoms with Crippen molar-refractivity contribution in [3.05, 3.63) is 0 Å². The predicted octanol–water partition coefficient (Wildman–Crippen LogP) is -5.30. The van der Waals surface area contributed by atoms with Crippen LogP contribution in [0.25, 0.3) is 0 Å². The van der Waals surface area contributed by atoms with Crippen LogP contribution >= 0.6 is 31.3 Å². The van der Waals surface area contributed by atoms with Gasteiger partial charge in [-0.15, -0.1) is 0 Å². The number of phosphoric acid groups is 4. The minimum absolute atomic E-state index is 0.528. The van der Waals surface area contributed by atoms with E-state index in [1.807, 2.05) is 19.8 Å². The monoisotopic (exact) mass is 670 g/mol. The first-order valence-electron chi connectivity index (χ1n) is 4.89. The Morgan fingerprint density at radius 2 is 0.815 bits per heavy atom. The van der Waals surface area contributed by atoms with E-state index in [0.29, 0.717) is 0 Å². The van der Waals surface area contributed by atoms with Crippen LogP contribution in [0.5, 0.6) is 0 Å². The molecule has 0 radical (unpaired) electrons. The molecule has 0 saturated heterocycles. The van der Waals surface area contributed by atoms with Gasteiger partial charge in [-0.2, -0.15) is 8.62 Å². The van der Waals surface area contributed by atoms with E-state index in [1.165, 1.54) is 0 Å². The van der Waals surface area contributed by atoms with E-state index < -0.39 is 35.3 Å². The van der Waals surface area contributed by atoms with Crippen LogP contribution < -0.4 is 32.5 Å². The van der Waals surface area contributed by atoms with E-state index in [-0.39, 0.29) is 0 Å². The zero-order valence-corrected chi connectivity index (χ0v) is 18.1. The van der Waals surface area contributed by atoms with Gasteiger partial charge in [0, 0.05) is 0 Å². The Morgan fingerprint density at radius 3 is 0.889 bits per heavy atom. The predicted molar refractivity (Wildman–Crippen MR) is 62.6 cm³/mol. The molecule has 25 heteroatoms. The normalized spacial score (nSPS) is 20.3. The summed E-state index contributed by atoms with van der Waals surface area (Å²) in [6.07, 6.45) is 0. The number of nitrogens with two attached hydrogens (primary N) is 2. The summed E-state index contributed by atoms with van der Waals surface area (Å²) in [5.74, 6) is 0. The third kappa shape index (κ3) is 27.0. The SMILES string of the molecule is C[C](N)(N)[Pt+4].O=P(O)(O[O-])OP(=O)(O)O[O-].O=P(O)(O[O-])OP(=O)(O)O[O-]. The molecule has 27 heavy (non-hydrogen) atoms. The zero-order valence-electron chi connectivity index (χ0n) is 12.3. The summed E-state index contributed by atoms with van der Waals surface area (Å²) < 4.78 is 55.5. The summed E-state index contributed by atoms with van der Waals surface area (Å²) >= 11 is 1.92. The van der Waals surface area contributed by atoms with Crippen LogP contribution in [0.1, 0.15) is 6.92 Å². The summed E-state index contributed by atoms with van der Waals surface area (Å²) in [7, 11) is -20.8. The fraction of sp³-hybridized carbons (Fsp3) is 1.00. The van der Waals surface area contributed by atoms with Crippen LogP contribution in [0, 0.1) is 0 Å². The molecular formula is C2H11N2O18P4Pt. The van der Waals surface area contributed by atoms with Crippen LogP contribution in [-0.4, -0.2) is 23.6 Å². The van der Waals surface area contributed by atoms with E-state index in [0.717, 1.165) is 0 Å². The fourth-order valence-corrected chi connectivity index (χ4v) is 2.84. The molecule has 8 N–H and O–H groups in total. The van der Waals surface area contributed by atoms with Crippen molar-refractivity contribution in [1.29, 1.82) is 0 Å². The summed E-state index contributed by atoms with van der Waals surface area (Å²) in [6, 6.07) is 0. The smallest absolute Gasteiger partial charge is 0.471 e. The van der Waals surface area contributed by atoms with Gasteiger partial charge in [-0.1, -0.05) is 0 Å². The van der Waals surface area contributed by atoms with Gasteiger partial charge in [-0.05, 0) is 0 Å². The van der Waals surface area contributed by atoms with Crippen molar-refractivity contribution >= 4 is 31.3 Å². The van der Waals surface area contributed by atoms with Gasteiger partial charge in [0.1, 0.15) is 0 Å². The molecule has 0 saturated carbocycles. The second kappa shape index (κ2) is 13.3. The molecule has 0 heterocycles. The van der Waals surface area contributed by atoms with Crippen LogP contribution in [-0.2, 0) is 65.4 Å². The van der Waals surface area contributed by atoms with E-state index in [2.05, 4.69) is 27.3 Å². The molecule has 0 bridgehead atoms. The first-order chi connectivity index (χ1) is 11.7. The maximum absolute atomic E-state index is 10.0. The average molecular weight is 670 g/mol. The van der Waals surface area contributed by atoms with E-state index in [4.69, 9.17) is 31.0 Å². The molecule has 0 fully saturated rings. The third-order valence-electron chi connectivity index (χ3n) is 0.789. The molecule has 0 amide bonds. The molecule has 0 rings (SSSR count). The second-order valence-electron chi connectivity index (χ2n) is 3.42. The van der Waals surface area contributed by atoms with Crippen molar-refractivity contribution in [2.45, 2.75) is 11.0 Å². The van der Waals surface area contributed by atoms with E-state index in [1.54, 1.807) is 6.92 Å². The second-order valence-corrected chi connectivity index (χ2v) is 11.5. The van der Waals surface area contributed by atoms with Gasteiger partial charge in [-0.25, -0.2) is 18.3 Å². The minimum atomic E-state index is -5.21. The van der Waals surface area contributed by atoms with Crippen molar-refractivity contribution in [3.8, 4) is 0 Å². The van der Waals surface area contributed by atoms with Gasteiger partial charge in [0.2, 0.25) is 0 Å². The van der Waals surface area contributed by atoms with Gasteiger partial charge in [0.05, 0.1) is 0 Å². The fourth-order valence-electron chi connectivity index (χ4n) is 0.315. The molecule has 4 atom stereocenters. The Morgan fingerprint density at radius 1 is 0.704 bits per heavy atom. The zero-order chi connectivity index (χ0) is 22.7. The standard InChI is InChI=1S/C2H7N2.2H4O9P2.Pt/c1-2(3)4;2*1-7-10(3,4)9-11(5,6)8-2;/h3-4H2,1H3;2*1-2H,(H,3,4)(H,5,6);/q;;;+4/p-4. The molecule has 4 unspecified atom stereocenters. The van der Waals surface area contributed by atoms with Crippen LogP contribution in [0.3, 0.4) is 0 Å². The number of rotatable bonds is 8. The maximum Gasteiger partial charge on any atom is 0.471 e. The van der Waals surface area contributed by atoms with Crippen LogP contribution in [0.15, 0.2) is 0 Å². The van der Waals surface area contributed by atoms with Crippen molar-refractivity contribution < 1.29 is 106 Å².